The molecule has 3 heterocycles. The number of fused-ring (bicyclic) bond motifs is 4. The third kappa shape index (κ3) is 3.43. The molecule has 36 heavy (non-hydrogen) atoms. The molecule has 0 unspecified atom stereocenters. The summed E-state index contributed by atoms with van der Waals surface area (Å²) in [6, 6.07) is 14.4. The van der Waals surface area contributed by atoms with Gasteiger partial charge in [0, 0.05) is 59.8 Å². The summed E-state index contributed by atoms with van der Waals surface area (Å²) in [6.07, 6.45) is 2.11. The van der Waals surface area contributed by atoms with E-state index in [1.165, 1.54) is 0 Å². The van der Waals surface area contributed by atoms with Crippen LogP contribution in [-0.4, -0.2) is 61.1 Å². The van der Waals surface area contributed by atoms with Gasteiger partial charge in [0.05, 0.1) is 41.7 Å². The van der Waals surface area contributed by atoms with Crippen LogP contribution in [0.4, 0.5) is 5.69 Å². The van der Waals surface area contributed by atoms with Crippen molar-refractivity contribution in [3.05, 3.63) is 63.8 Å². The molecule has 2 aromatic carbocycles. The van der Waals surface area contributed by atoms with Crippen molar-refractivity contribution in [1.29, 1.82) is 10.5 Å². The van der Waals surface area contributed by atoms with E-state index in [4.69, 9.17) is 4.74 Å². The maximum absolute atomic E-state index is 13.8. The van der Waals surface area contributed by atoms with E-state index in [1.54, 1.807) is 18.2 Å². The molecule has 1 N–H and O–H groups in total. The van der Waals surface area contributed by atoms with Gasteiger partial charge in [-0.1, -0.05) is 19.9 Å². The Labute approximate surface area is 210 Å². The van der Waals surface area contributed by atoms with Gasteiger partial charge in [0.1, 0.15) is 6.07 Å². The zero-order valence-corrected chi connectivity index (χ0v) is 20.7. The number of carbonyl (C=O) groups is 1. The number of carbonyl (C=O) groups excluding carboxylic acids is 1. The Bertz CT molecular complexity index is 1460. The summed E-state index contributed by atoms with van der Waals surface area (Å²) >= 11 is 0. The molecular weight excluding hydrogens is 450 g/mol. The van der Waals surface area contributed by atoms with Gasteiger partial charge in [-0.15, -0.1) is 0 Å². The second kappa shape index (κ2) is 8.48. The number of nitriles is 2. The Kier molecular flexibility index (Phi) is 5.37. The van der Waals surface area contributed by atoms with Gasteiger partial charge in [0.25, 0.3) is 0 Å². The zero-order valence-electron chi connectivity index (χ0n) is 20.7. The van der Waals surface area contributed by atoms with E-state index in [2.05, 4.69) is 46.8 Å². The van der Waals surface area contributed by atoms with Crippen molar-refractivity contribution in [3.8, 4) is 12.1 Å². The van der Waals surface area contributed by atoms with Gasteiger partial charge >= 0.3 is 0 Å². The fraction of sp³-hybridized carbons (Fsp3) is 0.414. The predicted octanol–water partition coefficient (Wildman–Crippen LogP) is 4.08. The van der Waals surface area contributed by atoms with Gasteiger partial charge in [-0.25, -0.2) is 0 Å². The van der Waals surface area contributed by atoms with Crippen LogP contribution >= 0.6 is 0 Å². The molecule has 7 heteroatoms. The summed E-state index contributed by atoms with van der Waals surface area (Å²) in [5.41, 5.74) is 5.41. The highest BCUT2D eigenvalue weighted by Gasteiger charge is 2.41. The van der Waals surface area contributed by atoms with E-state index in [-0.39, 0.29) is 5.78 Å². The van der Waals surface area contributed by atoms with Gasteiger partial charge < -0.3 is 14.6 Å². The lowest BCUT2D eigenvalue weighted by Crippen LogP contribution is -2.49. The normalized spacial score (nSPS) is 20.0. The van der Waals surface area contributed by atoms with Gasteiger partial charge in [0.2, 0.25) is 0 Å². The molecule has 182 valence electrons. The lowest BCUT2D eigenvalue weighted by molar-refractivity contribution is 0.0115. The predicted molar refractivity (Wildman–Crippen MR) is 137 cm³/mol. The number of hydrogen-bond acceptors (Lipinski definition) is 6. The molecule has 2 aliphatic heterocycles. The lowest BCUT2D eigenvalue weighted by Gasteiger charge is -2.41. The SMILES string of the molecule is CC1(C)c2cc(N3CCC(N4CCOCC4)CC3)c(C#N)cc2C(=O)c2c1[nH]c1cc(C#N)ccc21. The first-order chi connectivity index (χ1) is 17.4. The van der Waals surface area contributed by atoms with Crippen molar-refractivity contribution in [3.63, 3.8) is 0 Å². The molecule has 0 radical (unpaired) electrons. The average molecular weight is 480 g/mol. The molecule has 0 saturated carbocycles. The van der Waals surface area contributed by atoms with Crippen LogP contribution in [0.25, 0.3) is 10.9 Å². The summed E-state index contributed by atoms with van der Waals surface area (Å²) in [5, 5.41) is 20.2. The number of ketones is 1. The Morgan fingerprint density at radius 2 is 1.78 bits per heavy atom. The Balaban J connectivity index is 1.38. The number of nitrogens with zero attached hydrogens (tertiary/aromatic N) is 4. The number of nitrogens with one attached hydrogen (secondary N) is 1. The van der Waals surface area contributed by atoms with E-state index in [0.29, 0.717) is 28.3 Å². The molecule has 3 aromatic rings. The largest absolute Gasteiger partial charge is 0.379 e. The zero-order chi connectivity index (χ0) is 25.0. The number of hydrogen-bond donors (Lipinski definition) is 1. The molecule has 6 rings (SSSR count). The number of anilines is 1. The van der Waals surface area contributed by atoms with Crippen molar-refractivity contribution in [1.82, 2.24) is 9.88 Å². The van der Waals surface area contributed by atoms with Crippen molar-refractivity contribution < 1.29 is 9.53 Å². The highest BCUT2D eigenvalue weighted by Crippen LogP contribution is 2.45. The second-order valence-electron chi connectivity index (χ2n) is 10.6. The standard InChI is InChI=1S/C29H29N5O2/c1-29(2)23-15-25(34-7-5-20(6-8-34)33-9-11-36-12-10-33)19(17-31)14-22(23)27(35)26-21-4-3-18(16-30)13-24(21)32-28(26)29/h3-4,13-15,20,32H,5-12H2,1-2H3. The maximum atomic E-state index is 13.8. The van der Waals surface area contributed by atoms with Gasteiger partial charge in [-0.3, -0.25) is 9.69 Å². The highest BCUT2D eigenvalue weighted by molar-refractivity contribution is 6.20. The topological polar surface area (TPSA) is 96.2 Å². The van der Waals surface area contributed by atoms with Crippen LogP contribution in [-0.2, 0) is 10.2 Å². The van der Waals surface area contributed by atoms with Crippen molar-refractivity contribution in [2.75, 3.05) is 44.3 Å². The summed E-state index contributed by atoms with van der Waals surface area (Å²) in [5.74, 6) is -0.0654. The first kappa shape index (κ1) is 22.8. The number of ether oxygens (including phenoxy) is 1. The van der Waals surface area contributed by atoms with Gasteiger partial charge in [-0.2, -0.15) is 10.5 Å². The molecule has 0 amide bonds. The van der Waals surface area contributed by atoms with E-state index < -0.39 is 5.41 Å². The Morgan fingerprint density at radius 1 is 1.03 bits per heavy atom. The van der Waals surface area contributed by atoms with Crippen LogP contribution in [0.15, 0.2) is 30.3 Å². The third-order valence-corrected chi connectivity index (χ3v) is 8.32. The minimum absolute atomic E-state index is 0.0654. The summed E-state index contributed by atoms with van der Waals surface area (Å²) in [4.78, 5) is 22.1. The fourth-order valence-corrected chi connectivity index (χ4v) is 6.30. The Hall–Kier alpha value is -3.65. The van der Waals surface area contributed by atoms with E-state index in [9.17, 15) is 15.3 Å². The third-order valence-electron chi connectivity index (χ3n) is 8.32. The quantitative estimate of drug-likeness (QED) is 0.595. The number of aromatic nitrogens is 1. The van der Waals surface area contributed by atoms with E-state index in [0.717, 1.165) is 80.1 Å². The molecule has 1 aliphatic carbocycles. The van der Waals surface area contributed by atoms with Crippen LogP contribution in [0.1, 0.15) is 65.0 Å². The number of benzene rings is 2. The minimum Gasteiger partial charge on any atom is -0.379 e. The number of H-pyrrole nitrogens is 1. The number of piperidine rings is 1. The smallest absolute Gasteiger partial charge is 0.195 e. The van der Waals surface area contributed by atoms with Crippen LogP contribution in [0.2, 0.25) is 0 Å². The van der Waals surface area contributed by atoms with Crippen molar-refractivity contribution in [2.45, 2.75) is 38.1 Å². The highest BCUT2D eigenvalue weighted by atomic mass is 16.5. The summed E-state index contributed by atoms with van der Waals surface area (Å²) < 4.78 is 5.52. The monoisotopic (exact) mass is 479 g/mol. The van der Waals surface area contributed by atoms with Crippen molar-refractivity contribution in [2.24, 2.45) is 0 Å². The first-order valence-electron chi connectivity index (χ1n) is 12.7. The molecule has 0 atom stereocenters. The van der Waals surface area contributed by atoms with Crippen LogP contribution in [0.5, 0.6) is 0 Å². The number of aromatic amines is 1. The van der Waals surface area contributed by atoms with Crippen LogP contribution < -0.4 is 4.90 Å². The summed E-state index contributed by atoms with van der Waals surface area (Å²) in [7, 11) is 0. The molecule has 2 saturated heterocycles. The number of morpholine rings is 1. The molecule has 0 spiro atoms. The maximum Gasteiger partial charge on any atom is 0.195 e. The van der Waals surface area contributed by atoms with Crippen LogP contribution in [0.3, 0.4) is 0 Å². The van der Waals surface area contributed by atoms with Gasteiger partial charge in [-0.05, 0) is 42.7 Å². The van der Waals surface area contributed by atoms with E-state index in [1.807, 2.05) is 6.07 Å². The minimum atomic E-state index is -0.459. The molecule has 7 nitrogen and oxygen atoms in total. The number of rotatable bonds is 2. The second-order valence-corrected chi connectivity index (χ2v) is 10.6. The first-order valence-corrected chi connectivity index (χ1v) is 12.7. The molecule has 2 fully saturated rings. The summed E-state index contributed by atoms with van der Waals surface area (Å²) in [6.45, 7) is 9.62. The Morgan fingerprint density at radius 3 is 2.47 bits per heavy atom. The molecular formula is C29H29N5O2. The molecule has 1 aromatic heterocycles. The van der Waals surface area contributed by atoms with E-state index >= 15 is 0 Å². The van der Waals surface area contributed by atoms with Gasteiger partial charge in [0.15, 0.2) is 5.78 Å². The average Bonchev–Trinajstić information content (AvgIpc) is 3.32. The van der Waals surface area contributed by atoms with Crippen LogP contribution in [0, 0.1) is 22.7 Å². The lowest BCUT2D eigenvalue weighted by atomic mass is 9.70. The van der Waals surface area contributed by atoms with Crippen molar-refractivity contribution >= 4 is 22.4 Å². The molecule has 3 aliphatic rings. The molecule has 0 bridgehead atoms. The fourth-order valence-electron chi connectivity index (χ4n) is 6.30.